The van der Waals surface area contributed by atoms with Gasteiger partial charge in [-0.3, -0.25) is 9.59 Å². The molecular formula is C29H42N2O4. The molecule has 0 fully saturated rings. The minimum atomic E-state index is -0.541. The number of hydrogen-bond acceptors (Lipinski definition) is 4. The van der Waals surface area contributed by atoms with E-state index >= 15 is 0 Å². The van der Waals surface area contributed by atoms with Gasteiger partial charge in [-0.2, -0.15) is 0 Å². The van der Waals surface area contributed by atoms with Crippen molar-refractivity contribution in [3.63, 3.8) is 0 Å². The summed E-state index contributed by atoms with van der Waals surface area (Å²) < 4.78 is 11.4. The molecule has 35 heavy (non-hydrogen) atoms. The predicted molar refractivity (Wildman–Crippen MR) is 141 cm³/mol. The number of carbonyl (C=O) groups is 2. The molecule has 6 heteroatoms. The van der Waals surface area contributed by atoms with Crippen molar-refractivity contribution in [3.05, 3.63) is 59.2 Å². The molecule has 0 aliphatic rings. The fraction of sp³-hybridized carbons (Fsp3) is 0.517. The van der Waals surface area contributed by atoms with Crippen LogP contribution < -0.4 is 14.8 Å². The van der Waals surface area contributed by atoms with Crippen LogP contribution in [0, 0.1) is 6.92 Å². The van der Waals surface area contributed by atoms with E-state index in [2.05, 4.69) is 5.32 Å². The van der Waals surface area contributed by atoms with Gasteiger partial charge in [-0.1, -0.05) is 37.3 Å². The summed E-state index contributed by atoms with van der Waals surface area (Å²) in [7, 11) is 0. The van der Waals surface area contributed by atoms with E-state index in [1.165, 1.54) is 0 Å². The number of carbonyl (C=O) groups excluding carboxylic acids is 2. The van der Waals surface area contributed by atoms with Crippen molar-refractivity contribution in [2.24, 2.45) is 0 Å². The molecule has 192 valence electrons. The number of aryl methyl sites for hydroxylation is 2. The number of benzene rings is 2. The molecule has 0 unspecified atom stereocenters. The molecule has 6 nitrogen and oxygen atoms in total. The number of nitrogens with one attached hydrogen (secondary N) is 1. The first-order valence-corrected chi connectivity index (χ1v) is 12.6. The smallest absolute Gasteiger partial charge is 0.243 e. The molecule has 0 saturated carbocycles. The van der Waals surface area contributed by atoms with Gasteiger partial charge in [-0.05, 0) is 83.2 Å². The summed E-state index contributed by atoms with van der Waals surface area (Å²) in [5.74, 6) is 1.22. The van der Waals surface area contributed by atoms with Gasteiger partial charge < -0.3 is 19.7 Å². The lowest BCUT2D eigenvalue weighted by Crippen LogP contribution is -2.53. The van der Waals surface area contributed by atoms with Gasteiger partial charge in [0, 0.05) is 18.5 Å². The van der Waals surface area contributed by atoms with Gasteiger partial charge in [0.25, 0.3) is 0 Å². The van der Waals surface area contributed by atoms with Gasteiger partial charge in [-0.15, -0.1) is 0 Å². The highest BCUT2D eigenvalue weighted by Gasteiger charge is 2.30. The molecule has 0 aliphatic carbocycles. The van der Waals surface area contributed by atoms with E-state index in [9.17, 15) is 9.59 Å². The lowest BCUT2D eigenvalue weighted by molar-refractivity contribution is -0.142. The second-order valence-electron chi connectivity index (χ2n) is 9.76. The third kappa shape index (κ3) is 8.61. The summed E-state index contributed by atoms with van der Waals surface area (Å²) in [6, 6.07) is 13.3. The minimum absolute atomic E-state index is 0.0454. The predicted octanol–water partition coefficient (Wildman–Crippen LogP) is 5.45. The largest absolute Gasteiger partial charge is 0.490 e. The summed E-state index contributed by atoms with van der Waals surface area (Å²) >= 11 is 0. The van der Waals surface area contributed by atoms with E-state index in [1.54, 1.807) is 4.90 Å². The third-order valence-electron chi connectivity index (χ3n) is 5.72. The molecule has 0 aliphatic heterocycles. The van der Waals surface area contributed by atoms with Crippen LogP contribution in [0.4, 0.5) is 0 Å². The van der Waals surface area contributed by atoms with Gasteiger partial charge in [-0.25, -0.2) is 0 Å². The highest BCUT2D eigenvalue weighted by atomic mass is 16.5. The fourth-order valence-corrected chi connectivity index (χ4v) is 3.99. The van der Waals surface area contributed by atoms with Crippen LogP contribution in [0.15, 0.2) is 42.5 Å². The van der Waals surface area contributed by atoms with Gasteiger partial charge in [0.05, 0.1) is 13.2 Å². The quantitative estimate of drug-likeness (QED) is 0.437. The Labute approximate surface area is 211 Å². The minimum Gasteiger partial charge on any atom is -0.490 e. The van der Waals surface area contributed by atoms with E-state index in [0.717, 1.165) is 16.7 Å². The van der Waals surface area contributed by atoms with Crippen LogP contribution in [-0.2, 0) is 22.6 Å². The van der Waals surface area contributed by atoms with Crippen LogP contribution in [0.5, 0.6) is 11.5 Å². The zero-order chi connectivity index (χ0) is 26.0. The number of rotatable bonds is 12. The zero-order valence-electron chi connectivity index (χ0n) is 22.4. The first-order valence-electron chi connectivity index (χ1n) is 12.6. The fourth-order valence-electron chi connectivity index (χ4n) is 3.99. The van der Waals surface area contributed by atoms with E-state index in [1.807, 2.05) is 90.9 Å². The third-order valence-corrected chi connectivity index (χ3v) is 5.72. The normalized spacial score (nSPS) is 12.1. The van der Waals surface area contributed by atoms with Crippen LogP contribution in [0.2, 0.25) is 0 Å². The highest BCUT2D eigenvalue weighted by Crippen LogP contribution is 2.29. The molecule has 0 saturated heterocycles. The average molecular weight is 483 g/mol. The van der Waals surface area contributed by atoms with E-state index < -0.39 is 6.04 Å². The lowest BCUT2D eigenvalue weighted by atomic mass is 10.0. The van der Waals surface area contributed by atoms with Gasteiger partial charge in [0.1, 0.15) is 6.04 Å². The first-order chi connectivity index (χ1) is 16.6. The standard InChI is InChI=1S/C29H42N2O4/c1-8-24(28(33)30-29(5,6)7)31(20-23-14-12-11-13-21(23)4)27(32)18-16-22-15-17-25(34-9-2)26(19-22)35-10-3/h11-15,17,19,24H,8-10,16,18,20H2,1-7H3,(H,30,33)/t24-/m0/s1. The molecule has 2 rings (SSSR count). The molecule has 0 heterocycles. The Morgan fingerprint density at radius 2 is 1.63 bits per heavy atom. The van der Waals surface area contributed by atoms with E-state index in [4.69, 9.17) is 9.47 Å². The van der Waals surface area contributed by atoms with Crippen molar-refractivity contribution in [1.29, 1.82) is 0 Å². The second-order valence-corrected chi connectivity index (χ2v) is 9.76. The second kappa shape index (κ2) is 13.2. The number of hydrogen-bond donors (Lipinski definition) is 1. The molecule has 1 N–H and O–H groups in total. The Balaban J connectivity index is 2.27. The monoisotopic (exact) mass is 482 g/mol. The van der Waals surface area contributed by atoms with E-state index in [0.29, 0.717) is 50.5 Å². The summed E-state index contributed by atoms with van der Waals surface area (Å²) in [5, 5.41) is 3.06. The molecule has 0 spiro atoms. The molecule has 1 atom stereocenters. The zero-order valence-corrected chi connectivity index (χ0v) is 22.4. The van der Waals surface area contributed by atoms with Crippen LogP contribution in [0.1, 0.15) is 71.1 Å². The van der Waals surface area contributed by atoms with Gasteiger partial charge in [0.2, 0.25) is 11.8 Å². The van der Waals surface area contributed by atoms with Crippen molar-refractivity contribution >= 4 is 11.8 Å². The van der Waals surface area contributed by atoms with Crippen molar-refractivity contribution < 1.29 is 19.1 Å². The number of amides is 2. The SMILES string of the molecule is CCOc1ccc(CCC(=O)N(Cc2ccccc2C)[C@@H](CC)C(=O)NC(C)(C)C)cc1OCC. The molecule has 0 aromatic heterocycles. The van der Waals surface area contributed by atoms with Gasteiger partial charge in [0.15, 0.2) is 11.5 Å². The Bertz CT molecular complexity index is 981. The number of ether oxygens (including phenoxy) is 2. The lowest BCUT2D eigenvalue weighted by Gasteiger charge is -2.33. The Morgan fingerprint density at radius 3 is 2.23 bits per heavy atom. The summed E-state index contributed by atoms with van der Waals surface area (Å²) in [6.45, 7) is 15.2. The van der Waals surface area contributed by atoms with E-state index in [-0.39, 0.29) is 17.4 Å². The van der Waals surface area contributed by atoms with Crippen molar-refractivity contribution in [2.75, 3.05) is 13.2 Å². The topological polar surface area (TPSA) is 67.9 Å². The first kappa shape index (κ1) is 28.2. The van der Waals surface area contributed by atoms with Crippen molar-refractivity contribution in [2.45, 2.75) is 85.9 Å². The van der Waals surface area contributed by atoms with Crippen LogP contribution in [0.25, 0.3) is 0 Å². The maximum Gasteiger partial charge on any atom is 0.243 e. The average Bonchev–Trinajstić information content (AvgIpc) is 2.79. The summed E-state index contributed by atoms with van der Waals surface area (Å²) in [6.07, 6.45) is 1.38. The molecule has 0 radical (unpaired) electrons. The molecule has 2 aromatic carbocycles. The maximum atomic E-state index is 13.6. The van der Waals surface area contributed by atoms with Gasteiger partial charge >= 0.3 is 0 Å². The van der Waals surface area contributed by atoms with Crippen LogP contribution in [0.3, 0.4) is 0 Å². The van der Waals surface area contributed by atoms with Crippen LogP contribution >= 0.6 is 0 Å². The maximum absolute atomic E-state index is 13.6. The summed E-state index contributed by atoms with van der Waals surface area (Å²) in [5.41, 5.74) is 2.76. The van der Waals surface area contributed by atoms with Crippen molar-refractivity contribution in [3.8, 4) is 11.5 Å². The Hall–Kier alpha value is -3.02. The van der Waals surface area contributed by atoms with Crippen LogP contribution in [-0.4, -0.2) is 41.5 Å². The molecule has 2 amide bonds. The number of nitrogens with zero attached hydrogens (tertiary/aromatic N) is 1. The molecule has 2 aromatic rings. The Kier molecular flexibility index (Phi) is 10.6. The Morgan fingerprint density at radius 1 is 0.971 bits per heavy atom. The highest BCUT2D eigenvalue weighted by molar-refractivity contribution is 5.88. The summed E-state index contributed by atoms with van der Waals surface area (Å²) in [4.78, 5) is 28.5. The molecular weight excluding hydrogens is 440 g/mol. The molecule has 0 bridgehead atoms. The van der Waals surface area contributed by atoms with Crippen molar-refractivity contribution in [1.82, 2.24) is 10.2 Å².